The topological polar surface area (TPSA) is 66.5 Å². The SMILES string of the molecule is O=C(Cc1ccc(-c2ccccc2)cc1)NCc1ccc(S(=O)(=O)N2CCCC2)cc1. The molecule has 1 saturated heterocycles. The third-order valence-corrected chi connectivity index (χ3v) is 7.45. The van der Waals surface area contributed by atoms with Crippen LogP contribution in [0.5, 0.6) is 0 Å². The van der Waals surface area contributed by atoms with E-state index >= 15 is 0 Å². The number of rotatable bonds is 7. The number of amides is 1. The third kappa shape index (κ3) is 5.21. The summed E-state index contributed by atoms with van der Waals surface area (Å²) in [5.74, 6) is -0.0683. The first-order chi connectivity index (χ1) is 15.0. The molecule has 0 aromatic heterocycles. The van der Waals surface area contributed by atoms with Crippen molar-refractivity contribution in [2.45, 2.75) is 30.7 Å². The molecule has 1 aliphatic rings. The average molecular weight is 435 g/mol. The highest BCUT2D eigenvalue weighted by atomic mass is 32.2. The molecule has 1 N–H and O–H groups in total. The Labute approximate surface area is 183 Å². The number of nitrogens with zero attached hydrogens (tertiary/aromatic N) is 1. The molecule has 0 atom stereocenters. The molecule has 1 amide bonds. The summed E-state index contributed by atoms with van der Waals surface area (Å²) in [6.07, 6.45) is 2.13. The minimum absolute atomic E-state index is 0.0683. The molecule has 0 spiro atoms. The summed E-state index contributed by atoms with van der Waals surface area (Å²) in [7, 11) is -3.41. The first-order valence-electron chi connectivity index (χ1n) is 10.5. The lowest BCUT2D eigenvalue weighted by Gasteiger charge is -2.15. The molecule has 1 fully saturated rings. The maximum atomic E-state index is 12.6. The minimum Gasteiger partial charge on any atom is -0.352 e. The number of carbonyl (C=O) groups excluding carboxylic acids is 1. The van der Waals surface area contributed by atoms with Gasteiger partial charge in [-0.2, -0.15) is 4.31 Å². The van der Waals surface area contributed by atoms with Crippen molar-refractivity contribution in [3.63, 3.8) is 0 Å². The number of hydrogen-bond donors (Lipinski definition) is 1. The molecule has 0 saturated carbocycles. The van der Waals surface area contributed by atoms with E-state index in [0.29, 0.717) is 31.0 Å². The summed E-state index contributed by atoms with van der Waals surface area (Å²) < 4.78 is 26.7. The van der Waals surface area contributed by atoms with Gasteiger partial charge in [0.1, 0.15) is 0 Å². The molecule has 4 rings (SSSR count). The van der Waals surface area contributed by atoms with Crippen molar-refractivity contribution in [1.29, 1.82) is 0 Å². The van der Waals surface area contributed by atoms with Crippen molar-refractivity contribution in [3.8, 4) is 11.1 Å². The maximum Gasteiger partial charge on any atom is 0.243 e. The molecule has 31 heavy (non-hydrogen) atoms. The zero-order valence-electron chi connectivity index (χ0n) is 17.3. The molecular formula is C25H26N2O3S. The summed E-state index contributed by atoms with van der Waals surface area (Å²) in [6, 6.07) is 24.9. The maximum absolute atomic E-state index is 12.6. The Balaban J connectivity index is 1.30. The van der Waals surface area contributed by atoms with Crippen LogP contribution in [0.2, 0.25) is 0 Å². The van der Waals surface area contributed by atoms with Crippen molar-refractivity contribution in [2.24, 2.45) is 0 Å². The lowest BCUT2D eigenvalue weighted by atomic mass is 10.0. The lowest BCUT2D eigenvalue weighted by molar-refractivity contribution is -0.120. The Morgan fingerprint density at radius 1 is 0.774 bits per heavy atom. The summed E-state index contributed by atoms with van der Waals surface area (Å²) in [6.45, 7) is 1.55. The number of nitrogens with one attached hydrogen (secondary N) is 1. The Kier molecular flexibility index (Phi) is 6.49. The van der Waals surface area contributed by atoms with Gasteiger partial charge in [0.15, 0.2) is 0 Å². The van der Waals surface area contributed by atoms with Gasteiger partial charge in [0, 0.05) is 19.6 Å². The fourth-order valence-electron chi connectivity index (χ4n) is 3.75. The van der Waals surface area contributed by atoms with Crippen LogP contribution >= 0.6 is 0 Å². The van der Waals surface area contributed by atoms with Crippen LogP contribution in [0.1, 0.15) is 24.0 Å². The predicted octanol–water partition coefficient (Wildman–Crippen LogP) is 4.00. The highest BCUT2D eigenvalue weighted by Crippen LogP contribution is 2.21. The molecule has 1 heterocycles. The molecule has 3 aromatic rings. The number of benzene rings is 3. The molecule has 0 radical (unpaired) electrons. The monoisotopic (exact) mass is 434 g/mol. The van der Waals surface area contributed by atoms with Crippen molar-refractivity contribution in [2.75, 3.05) is 13.1 Å². The van der Waals surface area contributed by atoms with Crippen molar-refractivity contribution in [1.82, 2.24) is 9.62 Å². The fourth-order valence-corrected chi connectivity index (χ4v) is 5.27. The second-order valence-electron chi connectivity index (χ2n) is 7.77. The number of sulfonamides is 1. The van der Waals surface area contributed by atoms with Gasteiger partial charge in [0.25, 0.3) is 0 Å². The van der Waals surface area contributed by atoms with Gasteiger partial charge in [-0.25, -0.2) is 8.42 Å². The molecule has 0 bridgehead atoms. The third-order valence-electron chi connectivity index (χ3n) is 5.54. The van der Waals surface area contributed by atoms with Crippen molar-refractivity contribution < 1.29 is 13.2 Å². The van der Waals surface area contributed by atoms with E-state index in [9.17, 15) is 13.2 Å². The van der Waals surface area contributed by atoms with Crippen LogP contribution in [0.25, 0.3) is 11.1 Å². The van der Waals surface area contributed by atoms with Crippen LogP contribution in [0.15, 0.2) is 83.8 Å². The van der Waals surface area contributed by atoms with Crippen LogP contribution in [0, 0.1) is 0 Å². The van der Waals surface area contributed by atoms with Crippen LogP contribution in [-0.4, -0.2) is 31.7 Å². The Bertz CT molecular complexity index is 1120. The van der Waals surface area contributed by atoms with E-state index in [1.54, 1.807) is 24.3 Å². The van der Waals surface area contributed by atoms with Gasteiger partial charge >= 0.3 is 0 Å². The standard InChI is InChI=1S/C25H26N2O3S/c28-25(18-20-8-12-23(13-9-20)22-6-2-1-3-7-22)26-19-21-10-14-24(15-11-21)31(29,30)27-16-4-5-17-27/h1-3,6-15H,4-5,16-19H2,(H,26,28). The van der Waals surface area contributed by atoms with E-state index in [4.69, 9.17) is 0 Å². The number of carbonyl (C=O) groups is 1. The zero-order valence-corrected chi connectivity index (χ0v) is 18.1. The largest absolute Gasteiger partial charge is 0.352 e. The molecule has 0 unspecified atom stereocenters. The van der Waals surface area contributed by atoms with E-state index in [-0.39, 0.29) is 5.91 Å². The number of hydrogen-bond acceptors (Lipinski definition) is 3. The zero-order chi connectivity index (χ0) is 21.7. The van der Waals surface area contributed by atoms with Gasteiger partial charge < -0.3 is 5.32 Å². The van der Waals surface area contributed by atoms with Gasteiger partial charge in [-0.3, -0.25) is 4.79 Å². The van der Waals surface area contributed by atoms with E-state index < -0.39 is 10.0 Å². The quantitative estimate of drug-likeness (QED) is 0.611. The highest BCUT2D eigenvalue weighted by Gasteiger charge is 2.26. The van der Waals surface area contributed by atoms with Gasteiger partial charge in [0.05, 0.1) is 11.3 Å². The lowest BCUT2D eigenvalue weighted by Crippen LogP contribution is -2.28. The average Bonchev–Trinajstić information content (AvgIpc) is 3.35. The van der Waals surface area contributed by atoms with Gasteiger partial charge in [-0.05, 0) is 47.2 Å². The molecule has 160 valence electrons. The van der Waals surface area contributed by atoms with Crippen LogP contribution in [-0.2, 0) is 27.8 Å². The first kappa shape index (κ1) is 21.3. The second kappa shape index (κ2) is 9.45. The van der Waals surface area contributed by atoms with Gasteiger partial charge in [-0.15, -0.1) is 0 Å². The first-order valence-corrected chi connectivity index (χ1v) is 12.0. The predicted molar refractivity (Wildman–Crippen MR) is 122 cm³/mol. The summed E-state index contributed by atoms with van der Waals surface area (Å²) >= 11 is 0. The molecule has 3 aromatic carbocycles. The van der Waals surface area contributed by atoms with E-state index in [2.05, 4.69) is 17.4 Å². The summed E-state index contributed by atoms with van der Waals surface area (Å²) in [5, 5.41) is 2.91. The van der Waals surface area contributed by atoms with Gasteiger partial charge in [-0.1, -0.05) is 66.7 Å². The molecule has 0 aliphatic carbocycles. The molecule has 5 nitrogen and oxygen atoms in total. The van der Waals surface area contributed by atoms with Crippen LogP contribution in [0.4, 0.5) is 0 Å². The summed E-state index contributed by atoms with van der Waals surface area (Å²) in [4.78, 5) is 12.6. The Morgan fingerprint density at radius 2 is 1.35 bits per heavy atom. The van der Waals surface area contributed by atoms with Crippen molar-refractivity contribution in [3.05, 3.63) is 90.0 Å². The van der Waals surface area contributed by atoms with E-state index in [0.717, 1.165) is 35.1 Å². The second-order valence-corrected chi connectivity index (χ2v) is 9.71. The van der Waals surface area contributed by atoms with E-state index in [1.807, 2.05) is 42.5 Å². The molecule has 1 aliphatic heterocycles. The van der Waals surface area contributed by atoms with Gasteiger partial charge in [0.2, 0.25) is 15.9 Å². The van der Waals surface area contributed by atoms with Crippen LogP contribution in [0.3, 0.4) is 0 Å². The smallest absolute Gasteiger partial charge is 0.243 e. The van der Waals surface area contributed by atoms with E-state index in [1.165, 1.54) is 4.31 Å². The normalized spacial score (nSPS) is 14.5. The Morgan fingerprint density at radius 3 is 2.00 bits per heavy atom. The Hall–Kier alpha value is -2.96. The highest BCUT2D eigenvalue weighted by molar-refractivity contribution is 7.89. The van der Waals surface area contributed by atoms with Crippen LogP contribution < -0.4 is 5.32 Å². The van der Waals surface area contributed by atoms with Crippen molar-refractivity contribution >= 4 is 15.9 Å². The fraction of sp³-hybridized carbons (Fsp3) is 0.240. The minimum atomic E-state index is -3.41. The molecular weight excluding hydrogens is 408 g/mol. The summed E-state index contributed by atoms with van der Waals surface area (Å²) in [5.41, 5.74) is 4.08. The molecule has 6 heteroatoms.